The van der Waals surface area contributed by atoms with Crippen molar-refractivity contribution in [2.24, 2.45) is 5.41 Å². The van der Waals surface area contributed by atoms with Crippen molar-refractivity contribution in [1.82, 2.24) is 0 Å². The second kappa shape index (κ2) is 4.89. The van der Waals surface area contributed by atoms with E-state index in [4.69, 9.17) is 11.6 Å². The van der Waals surface area contributed by atoms with Crippen LogP contribution in [-0.4, -0.2) is 13.6 Å². The monoisotopic (exact) mass is 225 g/mol. The summed E-state index contributed by atoms with van der Waals surface area (Å²) in [7, 11) is 2.13. The third kappa shape index (κ3) is 4.13. The fraction of sp³-hybridized carbons (Fsp3) is 0.538. The van der Waals surface area contributed by atoms with Crippen LogP contribution in [-0.2, 0) is 5.88 Å². The van der Waals surface area contributed by atoms with Crippen molar-refractivity contribution in [1.29, 1.82) is 0 Å². The average molecular weight is 226 g/mol. The van der Waals surface area contributed by atoms with Gasteiger partial charge in [-0.2, -0.15) is 0 Å². The van der Waals surface area contributed by atoms with Gasteiger partial charge in [-0.3, -0.25) is 0 Å². The van der Waals surface area contributed by atoms with Crippen molar-refractivity contribution >= 4 is 17.3 Å². The Morgan fingerprint density at radius 1 is 1.13 bits per heavy atom. The smallest absolute Gasteiger partial charge is 0.0474 e. The number of nitrogens with zero attached hydrogens (tertiary/aromatic N) is 1. The normalized spacial score (nSPS) is 11.5. The summed E-state index contributed by atoms with van der Waals surface area (Å²) < 4.78 is 0. The molecule has 0 unspecified atom stereocenters. The molecular weight excluding hydrogens is 206 g/mol. The molecule has 0 aliphatic rings. The van der Waals surface area contributed by atoms with E-state index in [0.29, 0.717) is 11.3 Å². The molecule has 0 aliphatic heterocycles. The van der Waals surface area contributed by atoms with Crippen LogP contribution in [0.1, 0.15) is 26.3 Å². The standard InChI is InChI=1S/C13H20ClN/c1-13(2,3)10-15(4)12-7-5-11(9-14)6-8-12/h5-8H,9-10H2,1-4H3. The van der Waals surface area contributed by atoms with E-state index in [0.717, 1.165) is 6.54 Å². The molecule has 1 rings (SSSR count). The average Bonchev–Trinajstić information content (AvgIpc) is 2.15. The van der Waals surface area contributed by atoms with Crippen molar-refractivity contribution in [2.75, 3.05) is 18.5 Å². The second-order valence-electron chi connectivity index (χ2n) is 5.22. The van der Waals surface area contributed by atoms with Gasteiger partial charge in [-0.1, -0.05) is 32.9 Å². The topological polar surface area (TPSA) is 3.24 Å². The molecule has 0 saturated heterocycles. The fourth-order valence-electron chi connectivity index (χ4n) is 1.64. The zero-order valence-corrected chi connectivity index (χ0v) is 10.8. The number of rotatable bonds is 3. The quantitative estimate of drug-likeness (QED) is 0.706. The van der Waals surface area contributed by atoms with Crippen LogP contribution in [0.15, 0.2) is 24.3 Å². The molecule has 0 aliphatic carbocycles. The summed E-state index contributed by atoms with van der Waals surface area (Å²) in [5.41, 5.74) is 2.74. The van der Waals surface area contributed by atoms with E-state index in [9.17, 15) is 0 Å². The molecule has 0 N–H and O–H groups in total. The maximum Gasteiger partial charge on any atom is 0.0474 e. The zero-order valence-electron chi connectivity index (χ0n) is 10.0. The summed E-state index contributed by atoms with van der Waals surface area (Å²) in [6.07, 6.45) is 0. The minimum absolute atomic E-state index is 0.319. The Bertz CT molecular complexity index is 297. The summed E-state index contributed by atoms with van der Waals surface area (Å²) in [6.45, 7) is 7.79. The van der Waals surface area contributed by atoms with Gasteiger partial charge in [0.1, 0.15) is 0 Å². The van der Waals surface area contributed by atoms with Gasteiger partial charge in [0.2, 0.25) is 0 Å². The zero-order chi connectivity index (χ0) is 11.5. The summed E-state index contributed by atoms with van der Waals surface area (Å²) in [4.78, 5) is 2.28. The van der Waals surface area contributed by atoms with Gasteiger partial charge in [-0.05, 0) is 23.1 Å². The lowest BCUT2D eigenvalue weighted by atomic mass is 9.96. The number of hydrogen-bond acceptors (Lipinski definition) is 1. The molecule has 0 atom stereocenters. The van der Waals surface area contributed by atoms with Gasteiger partial charge in [0.25, 0.3) is 0 Å². The van der Waals surface area contributed by atoms with E-state index in [-0.39, 0.29) is 0 Å². The molecule has 2 heteroatoms. The molecule has 0 radical (unpaired) electrons. The molecule has 0 saturated carbocycles. The molecule has 0 fully saturated rings. The van der Waals surface area contributed by atoms with Crippen molar-refractivity contribution in [3.8, 4) is 0 Å². The van der Waals surface area contributed by atoms with Crippen molar-refractivity contribution in [3.05, 3.63) is 29.8 Å². The molecule has 0 aromatic heterocycles. The molecular formula is C13H20ClN. The summed E-state index contributed by atoms with van der Waals surface area (Å²) >= 11 is 5.75. The summed E-state index contributed by atoms with van der Waals surface area (Å²) in [6, 6.07) is 8.43. The first kappa shape index (κ1) is 12.4. The number of anilines is 1. The van der Waals surface area contributed by atoms with Crippen LogP contribution >= 0.6 is 11.6 Å². The Hall–Kier alpha value is -0.690. The van der Waals surface area contributed by atoms with Gasteiger partial charge >= 0.3 is 0 Å². The first-order chi connectivity index (χ1) is 6.92. The lowest BCUT2D eigenvalue weighted by Crippen LogP contribution is -2.28. The van der Waals surface area contributed by atoms with Crippen LogP contribution in [0.5, 0.6) is 0 Å². The van der Waals surface area contributed by atoms with Gasteiger partial charge < -0.3 is 4.90 Å². The number of halogens is 1. The van der Waals surface area contributed by atoms with Gasteiger partial charge in [0.15, 0.2) is 0 Å². The van der Waals surface area contributed by atoms with Crippen LogP contribution in [0, 0.1) is 5.41 Å². The highest BCUT2D eigenvalue weighted by molar-refractivity contribution is 6.17. The minimum Gasteiger partial charge on any atom is -0.374 e. The van der Waals surface area contributed by atoms with Crippen LogP contribution in [0.4, 0.5) is 5.69 Å². The Balaban J connectivity index is 2.70. The lowest BCUT2D eigenvalue weighted by molar-refractivity contribution is 0.419. The fourth-order valence-corrected chi connectivity index (χ4v) is 1.82. The molecule has 0 spiro atoms. The summed E-state index contributed by atoms with van der Waals surface area (Å²) in [5.74, 6) is 0.587. The second-order valence-corrected chi connectivity index (χ2v) is 5.48. The highest BCUT2D eigenvalue weighted by Crippen LogP contribution is 2.20. The molecule has 1 nitrogen and oxygen atoms in total. The van der Waals surface area contributed by atoms with Crippen LogP contribution in [0.25, 0.3) is 0 Å². The third-order valence-corrected chi connectivity index (χ3v) is 2.55. The lowest BCUT2D eigenvalue weighted by Gasteiger charge is -2.28. The molecule has 0 amide bonds. The van der Waals surface area contributed by atoms with Gasteiger partial charge in [0.05, 0.1) is 0 Å². The van der Waals surface area contributed by atoms with E-state index in [1.165, 1.54) is 11.3 Å². The van der Waals surface area contributed by atoms with Gasteiger partial charge in [0, 0.05) is 25.2 Å². The SMILES string of the molecule is CN(CC(C)(C)C)c1ccc(CCl)cc1. The van der Waals surface area contributed by atoms with Crippen LogP contribution in [0.2, 0.25) is 0 Å². The highest BCUT2D eigenvalue weighted by Gasteiger charge is 2.13. The molecule has 1 aromatic rings. The molecule has 84 valence electrons. The van der Waals surface area contributed by atoms with E-state index >= 15 is 0 Å². The third-order valence-electron chi connectivity index (χ3n) is 2.24. The Morgan fingerprint density at radius 3 is 2.07 bits per heavy atom. The van der Waals surface area contributed by atoms with E-state index < -0.39 is 0 Å². The first-order valence-corrected chi connectivity index (χ1v) is 5.82. The number of hydrogen-bond donors (Lipinski definition) is 0. The predicted octanol–water partition coefficient (Wildman–Crippen LogP) is 3.91. The maximum atomic E-state index is 5.75. The maximum absolute atomic E-state index is 5.75. The highest BCUT2D eigenvalue weighted by atomic mass is 35.5. The van der Waals surface area contributed by atoms with E-state index in [1.54, 1.807) is 0 Å². The molecule has 0 bridgehead atoms. The Labute approximate surface area is 98.0 Å². The van der Waals surface area contributed by atoms with Gasteiger partial charge in [-0.15, -0.1) is 11.6 Å². The first-order valence-electron chi connectivity index (χ1n) is 5.28. The Morgan fingerprint density at radius 2 is 1.67 bits per heavy atom. The van der Waals surface area contributed by atoms with Gasteiger partial charge in [-0.25, -0.2) is 0 Å². The molecule has 15 heavy (non-hydrogen) atoms. The number of benzene rings is 1. The predicted molar refractivity (Wildman–Crippen MR) is 68.7 cm³/mol. The van der Waals surface area contributed by atoms with E-state index in [2.05, 4.69) is 57.0 Å². The van der Waals surface area contributed by atoms with Crippen LogP contribution < -0.4 is 4.90 Å². The van der Waals surface area contributed by atoms with Crippen molar-refractivity contribution in [3.63, 3.8) is 0 Å². The minimum atomic E-state index is 0.319. The molecule has 0 heterocycles. The van der Waals surface area contributed by atoms with Crippen LogP contribution in [0.3, 0.4) is 0 Å². The largest absolute Gasteiger partial charge is 0.374 e. The summed E-state index contributed by atoms with van der Waals surface area (Å²) in [5, 5.41) is 0. The molecule has 1 aromatic carbocycles. The van der Waals surface area contributed by atoms with E-state index in [1.807, 2.05) is 0 Å². The van der Waals surface area contributed by atoms with Crippen molar-refractivity contribution in [2.45, 2.75) is 26.7 Å². The number of alkyl halides is 1. The Kier molecular flexibility index (Phi) is 4.04. The van der Waals surface area contributed by atoms with Crippen molar-refractivity contribution < 1.29 is 0 Å².